The molecule has 1 aliphatic rings. The van der Waals surface area contributed by atoms with E-state index in [0.717, 1.165) is 30.8 Å². The van der Waals surface area contributed by atoms with Gasteiger partial charge in [0, 0.05) is 38.1 Å². The third-order valence-electron chi connectivity index (χ3n) is 4.40. The molecule has 0 fully saturated rings. The van der Waals surface area contributed by atoms with Gasteiger partial charge in [0.1, 0.15) is 0 Å². The number of benzene rings is 2. The Labute approximate surface area is 149 Å². The van der Waals surface area contributed by atoms with E-state index in [9.17, 15) is 4.79 Å². The quantitative estimate of drug-likeness (QED) is 0.725. The molecule has 1 amide bonds. The van der Waals surface area contributed by atoms with Crippen LogP contribution in [-0.4, -0.2) is 39.3 Å². The molecule has 0 saturated carbocycles. The highest BCUT2D eigenvalue weighted by molar-refractivity contribution is 5.93. The molecule has 132 valence electrons. The van der Waals surface area contributed by atoms with Crippen molar-refractivity contribution in [2.45, 2.75) is 13.0 Å². The zero-order chi connectivity index (χ0) is 17.5. The number of nitrogens with one attached hydrogen (secondary N) is 2. The number of carbonyl (C=O) groups is 1. The largest absolute Gasteiger partial charge is 0.383 e. The molecule has 3 rings (SSSR count). The summed E-state index contributed by atoms with van der Waals surface area (Å²) in [5.41, 5.74) is 4.70. The van der Waals surface area contributed by atoms with Crippen LogP contribution in [0.2, 0.25) is 0 Å². The number of ether oxygens (including phenoxy) is 1. The van der Waals surface area contributed by atoms with Crippen molar-refractivity contribution in [2.24, 2.45) is 0 Å². The van der Waals surface area contributed by atoms with Crippen molar-refractivity contribution >= 4 is 17.3 Å². The van der Waals surface area contributed by atoms with E-state index >= 15 is 0 Å². The van der Waals surface area contributed by atoms with Crippen LogP contribution in [0, 0.1) is 0 Å². The van der Waals surface area contributed by atoms with E-state index in [4.69, 9.17) is 4.74 Å². The lowest BCUT2D eigenvalue weighted by atomic mass is 10.1. The van der Waals surface area contributed by atoms with Gasteiger partial charge in [-0.15, -0.1) is 0 Å². The molecule has 2 aromatic rings. The monoisotopic (exact) mass is 339 g/mol. The lowest BCUT2D eigenvalue weighted by molar-refractivity contribution is -0.115. The third kappa shape index (κ3) is 4.59. The summed E-state index contributed by atoms with van der Waals surface area (Å²) in [6, 6.07) is 16.5. The van der Waals surface area contributed by atoms with E-state index < -0.39 is 0 Å². The minimum absolute atomic E-state index is 0.0367. The zero-order valence-corrected chi connectivity index (χ0v) is 14.6. The summed E-state index contributed by atoms with van der Waals surface area (Å²) in [7, 11) is 1.65. The predicted molar refractivity (Wildman–Crippen MR) is 101 cm³/mol. The second-order valence-corrected chi connectivity index (χ2v) is 6.18. The SMILES string of the molecule is COCCNCC(=O)Nc1ccccc1CN1CCc2ccccc21. The Morgan fingerprint density at radius 2 is 1.96 bits per heavy atom. The Morgan fingerprint density at radius 1 is 1.16 bits per heavy atom. The average Bonchev–Trinajstić information content (AvgIpc) is 3.04. The Bertz CT molecular complexity index is 718. The van der Waals surface area contributed by atoms with Gasteiger partial charge in [-0.1, -0.05) is 36.4 Å². The van der Waals surface area contributed by atoms with Crippen LogP contribution in [0.5, 0.6) is 0 Å². The predicted octanol–water partition coefficient (Wildman–Crippen LogP) is 2.42. The molecule has 1 heterocycles. The summed E-state index contributed by atoms with van der Waals surface area (Å²) in [6.45, 7) is 3.35. The Balaban J connectivity index is 1.63. The number of rotatable bonds is 8. The molecule has 0 saturated heterocycles. The molecule has 5 nitrogen and oxygen atoms in total. The number of anilines is 2. The van der Waals surface area contributed by atoms with Gasteiger partial charge in [0.15, 0.2) is 0 Å². The van der Waals surface area contributed by atoms with Gasteiger partial charge in [0.05, 0.1) is 13.2 Å². The van der Waals surface area contributed by atoms with Crippen molar-refractivity contribution < 1.29 is 9.53 Å². The standard InChI is InChI=1S/C20H25N3O2/c1-25-13-11-21-14-20(24)22-18-8-4-2-7-17(18)15-23-12-10-16-6-3-5-9-19(16)23/h2-9,21H,10-15H2,1H3,(H,22,24). The molecule has 0 spiro atoms. The van der Waals surface area contributed by atoms with Crippen molar-refractivity contribution in [1.29, 1.82) is 0 Å². The van der Waals surface area contributed by atoms with Crippen molar-refractivity contribution in [3.05, 3.63) is 59.7 Å². The highest BCUT2D eigenvalue weighted by Crippen LogP contribution is 2.30. The van der Waals surface area contributed by atoms with Gasteiger partial charge in [0.2, 0.25) is 5.91 Å². The maximum absolute atomic E-state index is 12.1. The number of fused-ring (bicyclic) bond motifs is 1. The number of para-hydroxylation sites is 2. The van der Waals surface area contributed by atoms with Crippen LogP contribution < -0.4 is 15.5 Å². The lowest BCUT2D eigenvalue weighted by Crippen LogP contribution is -2.31. The minimum Gasteiger partial charge on any atom is -0.383 e. The van der Waals surface area contributed by atoms with Crippen molar-refractivity contribution in [3.63, 3.8) is 0 Å². The first-order valence-corrected chi connectivity index (χ1v) is 8.68. The lowest BCUT2D eigenvalue weighted by Gasteiger charge is -2.21. The fourth-order valence-electron chi connectivity index (χ4n) is 3.13. The van der Waals surface area contributed by atoms with Gasteiger partial charge >= 0.3 is 0 Å². The molecule has 0 unspecified atom stereocenters. The number of hydrogen-bond donors (Lipinski definition) is 2. The maximum Gasteiger partial charge on any atom is 0.238 e. The molecule has 25 heavy (non-hydrogen) atoms. The number of nitrogens with zero attached hydrogens (tertiary/aromatic N) is 1. The summed E-state index contributed by atoms with van der Waals surface area (Å²) in [5, 5.41) is 6.08. The fraction of sp³-hybridized carbons (Fsp3) is 0.350. The second kappa shape index (κ2) is 8.65. The fourth-order valence-corrected chi connectivity index (χ4v) is 3.13. The summed E-state index contributed by atoms with van der Waals surface area (Å²) >= 11 is 0. The van der Waals surface area contributed by atoms with Crippen LogP contribution in [-0.2, 0) is 22.5 Å². The zero-order valence-electron chi connectivity index (χ0n) is 14.6. The highest BCUT2D eigenvalue weighted by atomic mass is 16.5. The van der Waals surface area contributed by atoms with Gasteiger partial charge in [0.25, 0.3) is 0 Å². The Hall–Kier alpha value is -2.37. The first kappa shape index (κ1) is 17.5. The maximum atomic E-state index is 12.1. The number of methoxy groups -OCH3 is 1. The molecule has 2 N–H and O–H groups in total. The van der Waals surface area contributed by atoms with Gasteiger partial charge in [-0.3, -0.25) is 4.79 Å². The Morgan fingerprint density at radius 3 is 2.84 bits per heavy atom. The van der Waals surface area contributed by atoms with E-state index in [2.05, 4.69) is 45.9 Å². The van der Waals surface area contributed by atoms with Crippen LogP contribution in [0.3, 0.4) is 0 Å². The second-order valence-electron chi connectivity index (χ2n) is 6.18. The summed E-state index contributed by atoms with van der Waals surface area (Å²) in [5.74, 6) is -0.0367. The average molecular weight is 339 g/mol. The molecule has 0 atom stereocenters. The van der Waals surface area contributed by atoms with Crippen LogP contribution in [0.4, 0.5) is 11.4 Å². The molecule has 0 bridgehead atoms. The molecular formula is C20H25N3O2. The number of amides is 1. The number of hydrogen-bond acceptors (Lipinski definition) is 4. The van der Waals surface area contributed by atoms with E-state index in [1.807, 2.05) is 18.2 Å². The van der Waals surface area contributed by atoms with Gasteiger partial charge in [-0.25, -0.2) is 0 Å². The molecule has 1 aliphatic heterocycles. The molecule has 5 heteroatoms. The molecule has 0 aliphatic carbocycles. The highest BCUT2D eigenvalue weighted by Gasteiger charge is 2.19. The van der Waals surface area contributed by atoms with Crippen LogP contribution in [0.25, 0.3) is 0 Å². The van der Waals surface area contributed by atoms with E-state index in [1.165, 1.54) is 11.3 Å². The van der Waals surface area contributed by atoms with Crippen molar-refractivity contribution in [2.75, 3.05) is 43.6 Å². The smallest absolute Gasteiger partial charge is 0.238 e. The van der Waals surface area contributed by atoms with E-state index in [0.29, 0.717) is 13.2 Å². The topological polar surface area (TPSA) is 53.6 Å². The van der Waals surface area contributed by atoms with Crippen LogP contribution in [0.1, 0.15) is 11.1 Å². The normalized spacial score (nSPS) is 12.9. The molecule has 2 aromatic carbocycles. The van der Waals surface area contributed by atoms with E-state index in [-0.39, 0.29) is 12.5 Å². The molecular weight excluding hydrogens is 314 g/mol. The molecule has 0 aromatic heterocycles. The van der Waals surface area contributed by atoms with Gasteiger partial charge in [-0.2, -0.15) is 0 Å². The first-order chi connectivity index (χ1) is 12.3. The third-order valence-corrected chi connectivity index (χ3v) is 4.40. The first-order valence-electron chi connectivity index (χ1n) is 8.68. The van der Waals surface area contributed by atoms with Crippen molar-refractivity contribution in [1.82, 2.24) is 5.32 Å². The van der Waals surface area contributed by atoms with Crippen LogP contribution >= 0.6 is 0 Å². The van der Waals surface area contributed by atoms with Crippen molar-refractivity contribution in [3.8, 4) is 0 Å². The summed E-state index contributed by atoms with van der Waals surface area (Å²) < 4.78 is 4.96. The van der Waals surface area contributed by atoms with E-state index in [1.54, 1.807) is 7.11 Å². The van der Waals surface area contributed by atoms with Crippen LogP contribution in [0.15, 0.2) is 48.5 Å². The minimum atomic E-state index is -0.0367. The number of carbonyl (C=O) groups excluding carboxylic acids is 1. The Kier molecular flexibility index (Phi) is 6.04. The molecule has 0 radical (unpaired) electrons. The van der Waals surface area contributed by atoms with Gasteiger partial charge < -0.3 is 20.3 Å². The summed E-state index contributed by atoms with van der Waals surface area (Å²) in [6.07, 6.45) is 1.08. The summed E-state index contributed by atoms with van der Waals surface area (Å²) in [4.78, 5) is 14.5. The van der Waals surface area contributed by atoms with Gasteiger partial charge in [-0.05, 0) is 29.7 Å².